The van der Waals surface area contributed by atoms with E-state index in [9.17, 15) is 0 Å². The van der Waals surface area contributed by atoms with Crippen LogP contribution in [-0.4, -0.2) is 31.4 Å². The molecule has 6 aromatic heterocycles. The minimum absolute atomic E-state index is 0.307. The Morgan fingerprint density at radius 3 is 1.17 bits per heavy atom. The van der Waals surface area contributed by atoms with Crippen molar-refractivity contribution in [3.05, 3.63) is 238 Å². The molecule has 0 aliphatic carbocycles. The maximum Gasteiger partial charge on any atom is 0.308 e. The first-order chi connectivity index (χ1) is 40.6. The van der Waals surface area contributed by atoms with Crippen LogP contribution < -0.4 is 26.5 Å². The number of hydrogen-bond acceptors (Lipinski definition) is 1. The van der Waals surface area contributed by atoms with Crippen LogP contribution in [0.5, 0.6) is 0 Å². The summed E-state index contributed by atoms with van der Waals surface area (Å²) in [4.78, 5) is 4.25. The Hall–Kier alpha value is -9.61. The highest BCUT2D eigenvalue weighted by molar-refractivity contribution is 6.92. The van der Waals surface area contributed by atoms with Crippen LogP contribution in [0.15, 0.2) is 53.5 Å². The molecule has 5 nitrogen and oxygen atoms in total. The molecule has 0 radical (unpaired) electrons. The van der Waals surface area contributed by atoms with Gasteiger partial charge >= 0.3 is 8.40 Å². The molecule has 4 aliphatic heterocycles. The molecule has 1 unspecified atom stereocenters. The highest BCUT2D eigenvalue weighted by Crippen LogP contribution is 2.48. The van der Waals surface area contributed by atoms with Crippen molar-refractivity contribution < 1.29 is 105 Å². The van der Waals surface area contributed by atoms with Crippen LogP contribution in [-0.2, 0) is 0 Å². The van der Waals surface area contributed by atoms with Gasteiger partial charge in [0.05, 0.1) is 72.0 Å². The van der Waals surface area contributed by atoms with E-state index in [2.05, 4.69) is 4.99 Å². The van der Waals surface area contributed by atoms with Crippen molar-refractivity contribution in [1.82, 2.24) is 17.3 Å². The highest BCUT2D eigenvalue weighted by Gasteiger charge is 2.53. The standard InChI is InChI=1S/C56H11F24N5Si/c1-86-56-54-19-11-3-2-10(81-11)18(23-28(57)37(66)46(75)38(67)29(23)58)14-6-7-16(84(14)86)21(25-32(61)41(70)48(77)42(71)33(25)62)17-9-8-15(85(17)86)20(24-30(59)39(68)47(76)40(69)31(24)60)12-4-5-13-22(26-34(63)43(72)49(78)44(73)35(26)64)53(55(56)82(12)13)83(54)52-27(19)36(65)45(74)50(79)51(52)80/h2-9H,1H3. The van der Waals surface area contributed by atoms with Gasteiger partial charge in [-0.3, -0.25) is 0 Å². The van der Waals surface area contributed by atoms with Gasteiger partial charge in [-0.1, -0.05) is 0 Å². The van der Waals surface area contributed by atoms with Crippen LogP contribution in [0.4, 0.5) is 105 Å². The number of aliphatic imine (C=N–C) groups is 1. The number of fused-ring (bicyclic) bond motifs is 5. The molecule has 5 aromatic carbocycles. The second kappa shape index (κ2) is 16.6. The van der Waals surface area contributed by atoms with Gasteiger partial charge in [0.1, 0.15) is 0 Å². The van der Waals surface area contributed by atoms with Crippen molar-refractivity contribution in [2.45, 2.75) is 6.55 Å². The minimum atomic E-state index is -5.96. The Labute approximate surface area is 456 Å². The summed E-state index contributed by atoms with van der Waals surface area (Å²) in [5, 5.41) is -6.47. The van der Waals surface area contributed by atoms with Crippen molar-refractivity contribution in [2.24, 2.45) is 4.99 Å². The number of allylic oxidation sites excluding steroid dienone is 1. The van der Waals surface area contributed by atoms with Crippen LogP contribution in [0.2, 0.25) is 6.55 Å². The molecule has 0 saturated carbocycles. The highest BCUT2D eigenvalue weighted by atomic mass is 28.3. The summed E-state index contributed by atoms with van der Waals surface area (Å²) in [6.45, 7) is 0.924. The molecule has 0 amide bonds. The van der Waals surface area contributed by atoms with Gasteiger partial charge in [0.2, 0.25) is 23.3 Å². The lowest BCUT2D eigenvalue weighted by molar-refractivity contribution is 0.376. The molecule has 1 atom stereocenters. The summed E-state index contributed by atoms with van der Waals surface area (Å²) in [5.74, 6) is -65.1. The lowest BCUT2D eigenvalue weighted by atomic mass is 9.98. The molecule has 86 heavy (non-hydrogen) atoms. The fraction of sp³-hybridized carbons (Fsp3) is 0.0179. The van der Waals surface area contributed by atoms with E-state index in [0.29, 0.717) is 59.7 Å². The van der Waals surface area contributed by atoms with E-state index in [1.54, 1.807) is 0 Å². The fourth-order valence-corrected chi connectivity index (χ4v) is 17.4. The van der Waals surface area contributed by atoms with E-state index in [0.717, 1.165) is 12.6 Å². The number of rotatable bonds is 4. The largest absolute Gasteiger partial charge is 0.346 e. The number of hydrogen-bond donors (Lipinski definition) is 0. The average Bonchev–Trinajstić information content (AvgIpc) is 1.46. The van der Waals surface area contributed by atoms with E-state index in [4.69, 9.17) is 0 Å². The van der Waals surface area contributed by atoms with Crippen LogP contribution in [0, 0.1) is 140 Å². The number of benzene rings is 5. The smallest absolute Gasteiger partial charge is 0.308 e. The average molecular weight is 1240 g/mol. The van der Waals surface area contributed by atoms with E-state index >= 15 is 105 Å². The maximum absolute atomic E-state index is 17.4. The molecule has 15 rings (SSSR count). The zero-order valence-electron chi connectivity index (χ0n) is 40.9. The van der Waals surface area contributed by atoms with E-state index < -0.39 is 275 Å². The molecular formula is C56H11F24N5Si. The summed E-state index contributed by atoms with van der Waals surface area (Å²) in [6.07, 6.45) is 1.38. The van der Waals surface area contributed by atoms with Gasteiger partial charge in [0.25, 0.3) is 0 Å². The van der Waals surface area contributed by atoms with E-state index in [1.807, 2.05) is 0 Å². The Morgan fingerprint density at radius 2 is 0.698 bits per heavy atom. The molecule has 0 spiro atoms. The Balaban J connectivity index is 1.37. The maximum atomic E-state index is 17.4. The minimum Gasteiger partial charge on any atom is -0.346 e. The zero-order valence-corrected chi connectivity index (χ0v) is 41.9. The van der Waals surface area contributed by atoms with Gasteiger partial charge in [0.15, 0.2) is 116 Å². The number of nitrogens with zero attached hydrogens (tertiary/aromatic N) is 5. The molecule has 2 bridgehead atoms. The number of halogens is 24. The Morgan fingerprint density at radius 1 is 0.314 bits per heavy atom. The first kappa shape index (κ1) is 53.1. The molecule has 432 valence electrons. The summed E-state index contributed by atoms with van der Waals surface area (Å²) < 4.78 is 390. The summed E-state index contributed by atoms with van der Waals surface area (Å²) in [6, 6.07) is 3.92. The van der Waals surface area contributed by atoms with Gasteiger partial charge < -0.3 is 17.3 Å². The van der Waals surface area contributed by atoms with Crippen LogP contribution in [0.1, 0.15) is 28.1 Å². The van der Waals surface area contributed by atoms with Crippen molar-refractivity contribution in [3.63, 3.8) is 0 Å². The molecule has 10 heterocycles. The third-order valence-electron chi connectivity index (χ3n) is 16.1. The quantitative estimate of drug-likeness (QED) is 0.0728. The number of aromatic nitrogens is 4. The molecule has 4 aliphatic rings. The first-order valence-corrected chi connectivity index (χ1v) is 26.5. The third-order valence-corrected chi connectivity index (χ3v) is 20.2. The summed E-state index contributed by atoms with van der Waals surface area (Å²) in [7, 11) is -5.96. The topological polar surface area (TPSA) is 31.0 Å². The van der Waals surface area contributed by atoms with Crippen molar-refractivity contribution >= 4 is 74.7 Å². The Bertz CT molecular complexity index is 5490. The van der Waals surface area contributed by atoms with Crippen molar-refractivity contribution in [3.8, 4) is 11.1 Å². The van der Waals surface area contributed by atoms with Crippen LogP contribution in [0.25, 0.3) is 66.5 Å². The molecule has 0 fully saturated rings. The van der Waals surface area contributed by atoms with E-state index in [1.165, 1.54) is 0 Å². The van der Waals surface area contributed by atoms with Crippen molar-refractivity contribution in [1.29, 1.82) is 0 Å². The lowest BCUT2D eigenvalue weighted by Crippen LogP contribution is -2.68. The monoisotopic (exact) mass is 1240 g/mol. The van der Waals surface area contributed by atoms with Crippen molar-refractivity contribution in [2.75, 3.05) is 0 Å². The van der Waals surface area contributed by atoms with Gasteiger partial charge in [0, 0.05) is 54.8 Å². The zero-order chi connectivity index (χ0) is 61.3. The molecule has 11 aromatic rings. The summed E-state index contributed by atoms with van der Waals surface area (Å²) >= 11 is 0. The second-order valence-corrected chi connectivity index (χ2v) is 23.4. The Kier molecular flexibility index (Phi) is 10.3. The van der Waals surface area contributed by atoms with Gasteiger partial charge in [-0.15, -0.1) is 0 Å². The normalized spacial score (nSPS) is 15.9. The second-order valence-electron chi connectivity index (χ2n) is 19.9. The predicted octanol–water partition coefficient (Wildman–Crippen LogP) is 11.4. The molecule has 30 heteroatoms. The third kappa shape index (κ3) is 5.73. The molecule has 0 N–H and O–H groups in total. The predicted molar refractivity (Wildman–Crippen MR) is 253 cm³/mol. The van der Waals surface area contributed by atoms with E-state index in [-0.39, 0.29) is 0 Å². The lowest BCUT2D eigenvalue weighted by Gasteiger charge is -2.40. The fourth-order valence-electron chi connectivity index (χ4n) is 12.8. The van der Waals surface area contributed by atoms with Gasteiger partial charge in [-0.25, -0.2) is 110 Å². The molecule has 0 saturated heterocycles. The van der Waals surface area contributed by atoms with Gasteiger partial charge in [-0.05, 0) is 55.1 Å². The van der Waals surface area contributed by atoms with Gasteiger partial charge in [-0.2, -0.15) is 0 Å². The van der Waals surface area contributed by atoms with Crippen LogP contribution >= 0.6 is 0 Å². The van der Waals surface area contributed by atoms with Crippen LogP contribution in [0.3, 0.4) is 0 Å². The SMILES string of the molecule is C[Si]12c3c4c5c(-c6c(F)c(F)c(F)c(F)c6F)c6ccc(n64)=C(c4c(F)c(F)c(F)c(F)c4F)c4ccc(n41)C(c1c(F)c(F)c(F)c(F)c1F)=c1ccc(n12)=C(c1c(F)c(F)c(F)c(F)c1F)C1=NC(=c2c4c(F)c(F)c(F)c(F)c4n5c32)C=C1. The summed E-state index contributed by atoms with van der Waals surface area (Å²) in [5.41, 5.74) is -23.2. The first-order valence-electron chi connectivity index (χ1n) is 24.1. The molecular weight excluding hydrogens is 1230 g/mol.